The third-order valence-electron chi connectivity index (χ3n) is 14.2. The Bertz CT molecular complexity index is 3100. The molecule has 0 spiro atoms. The number of cyclic esters (lactones) is 1. The number of nitrogens with one attached hydrogen (secondary N) is 6. The predicted octanol–water partition coefficient (Wildman–Crippen LogP) is 0.944. The molecule has 5 heterocycles. The topological polar surface area (TPSA) is 293 Å². The number of hydrogen-bond donors (Lipinski definition) is 7. The molecule has 0 bridgehead atoms. The molecule has 1 aliphatic carbocycles. The van der Waals surface area contributed by atoms with Gasteiger partial charge in [0.05, 0.1) is 60.6 Å². The molecular weight excluding hydrogens is 974 g/mol. The van der Waals surface area contributed by atoms with Crippen molar-refractivity contribution in [2.24, 2.45) is 5.92 Å². The van der Waals surface area contributed by atoms with Crippen LogP contribution < -0.4 is 37.5 Å². The molecule has 75 heavy (non-hydrogen) atoms. The van der Waals surface area contributed by atoms with Crippen LogP contribution in [-0.4, -0.2) is 112 Å². The lowest BCUT2D eigenvalue weighted by Crippen LogP contribution is -2.52. The zero-order valence-electron chi connectivity index (χ0n) is 41.7. The molecule has 394 valence electrons. The average molecular weight is 1030 g/mol. The number of hydrogen-bond acceptors (Lipinski definition) is 13. The molecule has 4 atom stereocenters. The van der Waals surface area contributed by atoms with E-state index in [1.807, 2.05) is 0 Å². The minimum Gasteiger partial charge on any atom is -0.458 e. The minimum absolute atomic E-state index is 0.0407. The number of imide groups is 1. The summed E-state index contributed by atoms with van der Waals surface area (Å²) in [5, 5.41) is 27.8. The Morgan fingerprint density at radius 3 is 2.28 bits per heavy atom. The van der Waals surface area contributed by atoms with E-state index in [2.05, 4.69) is 31.9 Å². The van der Waals surface area contributed by atoms with Gasteiger partial charge in [0.15, 0.2) is 5.60 Å². The van der Waals surface area contributed by atoms with Crippen molar-refractivity contribution in [1.29, 1.82) is 0 Å². The maximum atomic E-state index is 15.4. The van der Waals surface area contributed by atoms with Crippen LogP contribution in [0.2, 0.25) is 0 Å². The summed E-state index contributed by atoms with van der Waals surface area (Å²) in [6, 6.07) is 9.90. The van der Waals surface area contributed by atoms with Crippen molar-refractivity contribution >= 4 is 64.1 Å². The number of esters is 1. The van der Waals surface area contributed by atoms with Crippen LogP contribution in [0, 0.1) is 18.7 Å². The van der Waals surface area contributed by atoms with Crippen molar-refractivity contribution < 1.29 is 57.4 Å². The summed E-state index contributed by atoms with van der Waals surface area (Å²) in [4.78, 5) is 134. The van der Waals surface area contributed by atoms with Crippen LogP contribution in [0.4, 0.5) is 4.39 Å². The third-order valence-corrected chi connectivity index (χ3v) is 14.2. The van der Waals surface area contributed by atoms with E-state index in [1.54, 1.807) is 57.2 Å². The number of halogens is 1. The summed E-state index contributed by atoms with van der Waals surface area (Å²) in [6.07, 6.45) is 4.85. The quantitative estimate of drug-likeness (QED) is 0.0307. The maximum Gasteiger partial charge on any atom is 0.343 e. The number of rotatable bonds is 21. The van der Waals surface area contributed by atoms with Gasteiger partial charge >= 0.3 is 5.97 Å². The first-order valence-corrected chi connectivity index (χ1v) is 24.9. The Hall–Kier alpha value is -8.14. The fourth-order valence-electron chi connectivity index (χ4n) is 9.92. The van der Waals surface area contributed by atoms with Gasteiger partial charge < -0.3 is 46.3 Å². The zero-order valence-corrected chi connectivity index (χ0v) is 41.7. The number of aliphatic hydroxyl groups is 1. The van der Waals surface area contributed by atoms with E-state index in [9.17, 15) is 53.1 Å². The standard InChI is InChI=1S/C53H58FN9O12/c1-4-53(74)34-20-39-48-32(26-63(39)51(72)33(34)27-75-52(53)73)47-36(15-14-31-29(3)35(54)21-37(60-48)46(31)47)61-49(70)28(2)22-55-42(66)24-58-50(71)38(19-30-11-7-5-8-12-30)59-43(67)25-57-41(65)23-56-40(64)13-9-6-10-18-62-44(68)16-17-45(62)69/h5,7-8,11-12,16-17,20-21,28,36,38,74H,4,6,9-10,13-15,18-19,22-27H2,1-3H3,(H,55,66)(H,56,64)(H,57,65)(H,58,71)(H,59,67)(H,61,70)/t28-,36-,38-,53-/m0/s1. The second-order valence-electron chi connectivity index (χ2n) is 19.2. The van der Waals surface area contributed by atoms with Crippen molar-refractivity contribution in [3.63, 3.8) is 0 Å². The Labute approximate surface area is 429 Å². The van der Waals surface area contributed by atoms with E-state index < -0.39 is 96.0 Å². The highest BCUT2D eigenvalue weighted by molar-refractivity contribution is 6.12. The molecule has 7 N–H and O–H groups in total. The number of amides is 8. The van der Waals surface area contributed by atoms with E-state index >= 15 is 4.39 Å². The van der Waals surface area contributed by atoms with Crippen molar-refractivity contribution in [2.45, 2.75) is 103 Å². The predicted molar refractivity (Wildman–Crippen MR) is 266 cm³/mol. The largest absolute Gasteiger partial charge is 0.458 e. The number of aryl methyl sites for hydroxylation is 1. The monoisotopic (exact) mass is 1030 g/mol. The van der Waals surface area contributed by atoms with Gasteiger partial charge in [-0.15, -0.1) is 0 Å². The second-order valence-corrected chi connectivity index (χ2v) is 19.2. The summed E-state index contributed by atoms with van der Waals surface area (Å²) in [5.74, 6) is -6.36. The fourth-order valence-corrected chi connectivity index (χ4v) is 9.92. The zero-order chi connectivity index (χ0) is 53.7. The van der Waals surface area contributed by atoms with Gasteiger partial charge in [-0.3, -0.25) is 48.1 Å². The molecule has 22 heteroatoms. The summed E-state index contributed by atoms with van der Waals surface area (Å²) in [7, 11) is 0. The van der Waals surface area contributed by atoms with Crippen molar-refractivity contribution in [3.8, 4) is 11.4 Å². The minimum atomic E-state index is -2.05. The first-order chi connectivity index (χ1) is 35.9. The Balaban J connectivity index is 0.838. The van der Waals surface area contributed by atoms with Crippen molar-refractivity contribution in [3.05, 3.63) is 110 Å². The van der Waals surface area contributed by atoms with Gasteiger partial charge in [0, 0.05) is 60.7 Å². The Kier molecular flexibility index (Phi) is 16.0. The molecule has 8 rings (SSSR count). The van der Waals surface area contributed by atoms with E-state index in [4.69, 9.17) is 9.72 Å². The molecule has 0 unspecified atom stereocenters. The molecule has 4 aliphatic rings. The lowest BCUT2D eigenvalue weighted by Gasteiger charge is -2.31. The molecule has 4 aromatic rings. The molecule has 0 radical (unpaired) electrons. The van der Waals surface area contributed by atoms with Crippen molar-refractivity contribution in [1.82, 2.24) is 46.4 Å². The molecule has 8 amide bonds. The number of fused-ring (bicyclic) bond motifs is 5. The van der Waals surface area contributed by atoms with Crippen LogP contribution in [0.1, 0.15) is 97.4 Å². The summed E-state index contributed by atoms with van der Waals surface area (Å²) in [6.45, 7) is 3.33. The molecule has 21 nitrogen and oxygen atoms in total. The molecule has 0 fully saturated rings. The highest BCUT2D eigenvalue weighted by atomic mass is 19.1. The van der Waals surface area contributed by atoms with Gasteiger partial charge in [0.1, 0.15) is 18.5 Å². The number of aromatic nitrogens is 2. The van der Waals surface area contributed by atoms with E-state index in [1.165, 1.54) is 22.8 Å². The highest BCUT2D eigenvalue weighted by Crippen LogP contribution is 2.46. The van der Waals surface area contributed by atoms with Crippen LogP contribution in [0.15, 0.2) is 59.4 Å². The summed E-state index contributed by atoms with van der Waals surface area (Å²) >= 11 is 0. The van der Waals surface area contributed by atoms with Crippen LogP contribution >= 0.6 is 0 Å². The first-order valence-electron chi connectivity index (χ1n) is 24.9. The van der Waals surface area contributed by atoms with Gasteiger partial charge in [0.25, 0.3) is 17.4 Å². The number of benzene rings is 2. The van der Waals surface area contributed by atoms with E-state index in [0.717, 1.165) is 10.5 Å². The third kappa shape index (κ3) is 11.3. The smallest absolute Gasteiger partial charge is 0.343 e. The van der Waals surface area contributed by atoms with Gasteiger partial charge in [0.2, 0.25) is 35.4 Å². The Morgan fingerprint density at radius 2 is 1.55 bits per heavy atom. The van der Waals surface area contributed by atoms with Gasteiger partial charge in [-0.1, -0.05) is 50.6 Å². The fraction of sp³-hybridized carbons (Fsp3) is 0.415. The summed E-state index contributed by atoms with van der Waals surface area (Å²) < 4.78 is 22.1. The number of ether oxygens (including phenoxy) is 1. The SMILES string of the molecule is CC[C@@]1(O)C(=O)OCc2c1cc1n(c2=O)Cc2c-1nc1cc(F)c(C)c3c1c2[C@@H](NC(=O)[C@@H](C)CNC(=O)CNC(=O)[C@H](Cc1ccccc1)NC(=O)CNC(=O)CNC(=O)CCCCCN1C(=O)C=CC1=O)CC3. The number of carbonyl (C=O) groups is 9. The Morgan fingerprint density at radius 1 is 0.853 bits per heavy atom. The van der Waals surface area contributed by atoms with Crippen molar-refractivity contribution in [2.75, 3.05) is 32.7 Å². The second kappa shape index (κ2) is 22.5. The number of unbranched alkanes of at least 4 members (excludes halogenated alkanes) is 2. The van der Waals surface area contributed by atoms with E-state index in [-0.39, 0.29) is 68.4 Å². The number of nitrogens with zero attached hydrogens (tertiary/aromatic N) is 3. The lowest BCUT2D eigenvalue weighted by molar-refractivity contribution is -0.172. The highest BCUT2D eigenvalue weighted by Gasteiger charge is 2.46. The molecule has 3 aliphatic heterocycles. The van der Waals surface area contributed by atoms with Crippen LogP contribution in [0.25, 0.3) is 22.3 Å². The van der Waals surface area contributed by atoms with Gasteiger partial charge in [-0.05, 0) is 67.3 Å². The number of pyridine rings is 2. The van der Waals surface area contributed by atoms with Gasteiger partial charge in [-0.25, -0.2) is 14.2 Å². The van der Waals surface area contributed by atoms with E-state index in [0.29, 0.717) is 76.6 Å². The number of carbonyl (C=O) groups excluding carboxylic acids is 9. The molecule has 2 aromatic carbocycles. The summed E-state index contributed by atoms with van der Waals surface area (Å²) in [5.41, 5.74) is 1.92. The lowest BCUT2D eigenvalue weighted by atomic mass is 9.81. The molecule has 0 saturated heterocycles. The normalized spacial score (nSPS) is 17.8. The van der Waals surface area contributed by atoms with Crippen LogP contribution in [0.3, 0.4) is 0 Å². The van der Waals surface area contributed by atoms with Crippen LogP contribution in [0.5, 0.6) is 0 Å². The average Bonchev–Trinajstić information content (AvgIpc) is 3.96. The molecular formula is C53H58FN9O12. The first kappa shape index (κ1) is 53.2. The maximum absolute atomic E-state index is 15.4. The molecule has 0 saturated carbocycles. The van der Waals surface area contributed by atoms with Crippen LogP contribution in [-0.2, 0) is 79.5 Å². The van der Waals surface area contributed by atoms with Gasteiger partial charge in [-0.2, -0.15) is 0 Å². The molecule has 2 aromatic heterocycles.